The summed E-state index contributed by atoms with van der Waals surface area (Å²) in [7, 11) is 0. The Morgan fingerprint density at radius 1 is 0.450 bits per heavy atom. The minimum absolute atomic E-state index is 0.0781. The molecule has 7 rings (SSSR count). The zero-order valence-corrected chi connectivity index (χ0v) is 22.2. The lowest BCUT2D eigenvalue weighted by molar-refractivity contribution is 0.571. The van der Waals surface area contributed by atoms with E-state index in [2.05, 4.69) is 180 Å². The standard InChI is InChI=1S/C38H30N2/c1-5-17-29(18-6-1)39(30-19-7-2-8-20-30)37-33-25-13-15-27-35(33)38(36-28-16-14-26-34(36)37)40(31-21-9-3-10-22-31)32-23-11-4-12-24-32/h1-28,33,37H. The lowest BCUT2D eigenvalue weighted by Crippen LogP contribution is -2.36. The van der Waals surface area contributed by atoms with Crippen LogP contribution in [-0.2, 0) is 0 Å². The van der Waals surface area contributed by atoms with E-state index in [0.29, 0.717) is 0 Å². The number of allylic oxidation sites excluding steroid dienone is 3. The van der Waals surface area contributed by atoms with E-state index < -0.39 is 0 Å². The number of hydrogen-bond donors (Lipinski definition) is 0. The van der Waals surface area contributed by atoms with Crippen molar-refractivity contribution >= 4 is 28.4 Å². The first-order valence-corrected chi connectivity index (χ1v) is 13.9. The highest BCUT2D eigenvalue weighted by molar-refractivity contribution is 5.93. The Labute approximate surface area is 236 Å². The molecular formula is C38H30N2. The van der Waals surface area contributed by atoms with Gasteiger partial charge in [-0.2, -0.15) is 0 Å². The molecule has 2 nitrogen and oxygen atoms in total. The predicted molar refractivity (Wildman–Crippen MR) is 168 cm³/mol. The number of para-hydroxylation sites is 4. The topological polar surface area (TPSA) is 6.48 Å². The molecule has 192 valence electrons. The summed E-state index contributed by atoms with van der Waals surface area (Å²) in [4.78, 5) is 4.94. The molecule has 5 aromatic carbocycles. The molecule has 0 saturated carbocycles. The molecule has 2 atom stereocenters. The second-order valence-corrected chi connectivity index (χ2v) is 10.2. The van der Waals surface area contributed by atoms with Crippen LogP contribution in [0.2, 0.25) is 0 Å². The monoisotopic (exact) mass is 514 g/mol. The zero-order chi connectivity index (χ0) is 26.7. The largest absolute Gasteiger partial charge is 0.333 e. The highest BCUT2D eigenvalue weighted by Crippen LogP contribution is 2.52. The number of fused-ring (bicyclic) bond motifs is 2. The Morgan fingerprint density at radius 2 is 0.925 bits per heavy atom. The van der Waals surface area contributed by atoms with Gasteiger partial charge in [-0.15, -0.1) is 0 Å². The van der Waals surface area contributed by atoms with Crippen molar-refractivity contribution in [2.45, 2.75) is 6.04 Å². The molecule has 5 aromatic rings. The molecule has 0 N–H and O–H groups in total. The normalized spacial score (nSPS) is 17.2. The highest BCUT2D eigenvalue weighted by Gasteiger charge is 2.40. The van der Waals surface area contributed by atoms with Gasteiger partial charge in [0.2, 0.25) is 0 Å². The summed E-state index contributed by atoms with van der Waals surface area (Å²) in [5, 5.41) is 0. The Kier molecular flexibility index (Phi) is 6.35. The Hall–Kier alpha value is -5.08. The van der Waals surface area contributed by atoms with Gasteiger partial charge >= 0.3 is 0 Å². The summed E-state index contributed by atoms with van der Waals surface area (Å²) >= 11 is 0. The maximum atomic E-state index is 2.51. The number of rotatable bonds is 6. The molecule has 2 aliphatic carbocycles. The van der Waals surface area contributed by atoms with Gasteiger partial charge in [0.25, 0.3) is 0 Å². The summed E-state index contributed by atoms with van der Waals surface area (Å²) in [6.45, 7) is 0. The van der Waals surface area contributed by atoms with Gasteiger partial charge in [-0.05, 0) is 59.7 Å². The molecule has 0 bridgehead atoms. The number of nitrogens with zero attached hydrogens (tertiary/aromatic N) is 2. The molecule has 40 heavy (non-hydrogen) atoms. The van der Waals surface area contributed by atoms with Crippen molar-refractivity contribution < 1.29 is 0 Å². The van der Waals surface area contributed by atoms with E-state index in [-0.39, 0.29) is 12.0 Å². The van der Waals surface area contributed by atoms with Crippen molar-refractivity contribution in [1.82, 2.24) is 0 Å². The molecular weight excluding hydrogens is 484 g/mol. The van der Waals surface area contributed by atoms with Gasteiger partial charge in [-0.3, -0.25) is 0 Å². The summed E-state index contributed by atoms with van der Waals surface area (Å²) < 4.78 is 0. The molecule has 0 saturated heterocycles. The van der Waals surface area contributed by atoms with Gasteiger partial charge in [0.15, 0.2) is 0 Å². The fraction of sp³-hybridized carbons (Fsp3) is 0.0526. The second-order valence-electron chi connectivity index (χ2n) is 10.2. The first-order chi connectivity index (χ1) is 19.9. The Balaban J connectivity index is 1.50. The van der Waals surface area contributed by atoms with E-state index in [1.54, 1.807) is 0 Å². The van der Waals surface area contributed by atoms with Gasteiger partial charge in [-0.25, -0.2) is 0 Å². The Morgan fingerprint density at radius 3 is 1.48 bits per heavy atom. The van der Waals surface area contributed by atoms with Gasteiger partial charge in [0, 0.05) is 34.2 Å². The van der Waals surface area contributed by atoms with E-state index in [1.165, 1.54) is 33.8 Å². The molecule has 0 fully saturated rings. The summed E-state index contributed by atoms with van der Waals surface area (Å²) in [5.41, 5.74) is 9.78. The average molecular weight is 515 g/mol. The predicted octanol–water partition coefficient (Wildman–Crippen LogP) is 9.87. The fourth-order valence-corrected chi connectivity index (χ4v) is 6.15. The van der Waals surface area contributed by atoms with Crippen LogP contribution in [0, 0.1) is 5.92 Å². The number of benzene rings is 5. The molecule has 0 aliphatic heterocycles. The third-order valence-electron chi connectivity index (χ3n) is 7.81. The van der Waals surface area contributed by atoms with E-state index in [1.807, 2.05) is 0 Å². The highest BCUT2D eigenvalue weighted by atomic mass is 15.2. The molecule has 0 heterocycles. The first kappa shape index (κ1) is 24.0. The average Bonchev–Trinajstić information content (AvgIpc) is 3.04. The van der Waals surface area contributed by atoms with Gasteiger partial charge < -0.3 is 9.80 Å². The van der Waals surface area contributed by atoms with Gasteiger partial charge in [0.05, 0.1) is 11.7 Å². The van der Waals surface area contributed by atoms with Crippen LogP contribution < -0.4 is 9.80 Å². The zero-order valence-electron chi connectivity index (χ0n) is 22.2. The number of hydrogen-bond acceptors (Lipinski definition) is 2. The minimum atomic E-state index is 0.0781. The van der Waals surface area contributed by atoms with Crippen molar-refractivity contribution in [3.63, 3.8) is 0 Å². The van der Waals surface area contributed by atoms with E-state index >= 15 is 0 Å². The molecule has 2 aliphatic rings. The van der Waals surface area contributed by atoms with Crippen molar-refractivity contribution in [2.24, 2.45) is 5.92 Å². The van der Waals surface area contributed by atoms with Crippen LogP contribution in [0.5, 0.6) is 0 Å². The quantitative estimate of drug-likeness (QED) is 0.222. The molecule has 0 aromatic heterocycles. The maximum absolute atomic E-state index is 2.51. The molecule has 2 unspecified atom stereocenters. The van der Waals surface area contributed by atoms with Crippen LogP contribution in [0.15, 0.2) is 175 Å². The molecule has 2 heteroatoms. The van der Waals surface area contributed by atoms with Crippen LogP contribution in [0.4, 0.5) is 22.7 Å². The SMILES string of the molecule is C1=CC2=C(N(c3ccccc3)c3ccccc3)c3ccccc3C(N(c3ccccc3)c3ccccc3)C2C=C1. The van der Waals surface area contributed by atoms with Crippen molar-refractivity contribution in [2.75, 3.05) is 9.80 Å². The van der Waals surface area contributed by atoms with Crippen LogP contribution in [-0.4, -0.2) is 0 Å². The van der Waals surface area contributed by atoms with E-state index in [0.717, 1.165) is 11.4 Å². The van der Waals surface area contributed by atoms with Crippen LogP contribution in [0.3, 0.4) is 0 Å². The van der Waals surface area contributed by atoms with Crippen molar-refractivity contribution in [1.29, 1.82) is 0 Å². The van der Waals surface area contributed by atoms with Crippen LogP contribution in [0.1, 0.15) is 17.2 Å². The molecule has 0 spiro atoms. The summed E-state index contributed by atoms with van der Waals surface area (Å²) in [6.07, 6.45) is 9.08. The third-order valence-corrected chi connectivity index (χ3v) is 7.81. The first-order valence-electron chi connectivity index (χ1n) is 13.9. The lowest BCUT2D eigenvalue weighted by atomic mass is 9.74. The summed E-state index contributed by atoms with van der Waals surface area (Å²) in [5.74, 6) is 0.144. The van der Waals surface area contributed by atoms with Crippen molar-refractivity contribution in [3.05, 3.63) is 187 Å². The number of anilines is 4. The fourth-order valence-electron chi connectivity index (χ4n) is 6.15. The van der Waals surface area contributed by atoms with Gasteiger partial charge in [0.1, 0.15) is 0 Å². The van der Waals surface area contributed by atoms with Crippen LogP contribution in [0.25, 0.3) is 5.70 Å². The Bertz CT molecular complexity index is 1610. The third kappa shape index (κ3) is 4.24. The molecule has 0 radical (unpaired) electrons. The maximum Gasteiger partial charge on any atom is 0.0702 e. The van der Waals surface area contributed by atoms with E-state index in [9.17, 15) is 0 Å². The smallest absolute Gasteiger partial charge is 0.0702 e. The van der Waals surface area contributed by atoms with Gasteiger partial charge in [-0.1, -0.05) is 121 Å². The summed E-state index contributed by atoms with van der Waals surface area (Å²) in [6, 6.07) is 52.1. The second kappa shape index (κ2) is 10.6. The minimum Gasteiger partial charge on any atom is -0.333 e. The van der Waals surface area contributed by atoms with E-state index in [4.69, 9.17) is 0 Å². The van der Waals surface area contributed by atoms with Crippen molar-refractivity contribution in [3.8, 4) is 0 Å². The molecule has 0 amide bonds. The lowest BCUT2D eigenvalue weighted by Gasteiger charge is -2.45. The van der Waals surface area contributed by atoms with Crippen LogP contribution >= 0.6 is 0 Å².